The molecule has 1 aromatic carbocycles. The average molecular weight is 258 g/mol. The number of para-hydroxylation sites is 1. The molecule has 2 rings (SSSR count). The number of nitrogens with zero attached hydrogens (tertiary/aromatic N) is 1. The summed E-state index contributed by atoms with van der Waals surface area (Å²) >= 11 is 5.88. The Morgan fingerprint density at radius 1 is 1.47 bits per heavy atom. The van der Waals surface area contributed by atoms with Gasteiger partial charge in [0.25, 0.3) is 0 Å². The van der Waals surface area contributed by atoms with Crippen LogP contribution >= 0.6 is 11.6 Å². The van der Waals surface area contributed by atoms with Crippen LogP contribution in [0.2, 0.25) is 0 Å². The Kier molecular flexibility index (Phi) is 4.24. The summed E-state index contributed by atoms with van der Waals surface area (Å²) < 4.78 is 19.0. The van der Waals surface area contributed by atoms with Crippen LogP contribution in [0.1, 0.15) is 18.4 Å². The smallest absolute Gasteiger partial charge is 0.146 e. The van der Waals surface area contributed by atoms with Gasteiger partial charge in [-0.05, 0) is 24.5 Å². The summed E-state index contributed by atoms with van der Waals surface area (Å²) in [7, 11) is 1.66. The van der Waals surface area contributed by atoms with Gasteiger partial charge in [0.05, 0.1) is 12.3 Å². The summed E-state index contributed by atoms with van der Waals surface area (Å²) in [6.45, 7) is 1.32. The molecule has 0 aromatic heterocycles. The maximum Gasteiger partial charge on any atom is 0.146 e. The van der Waals surface area contributed by atoms with Gasteiger partial charge in [-0.15, -0.1) is 11.6 Å². The quantitative estimate of drug-likeness (QED) is 0.726. The van der Waals surface area contributed by atoms with E-state index in [1.54, 1.807) is 13.2 Å². The largest absolute Gasteiger partial charge is 0.383 e. The van der Waals surface area contributed by atoms with Crippen LogP contribution in [0.4, 0.5) is 10.1 Å². The predicted molar refractivity (Wildman–Crippen MR) is 68.2 cm³/mol. The zero-order valence-electron chi connectivity index (χ0n) is 9.96. The second kappa shape index (κ2) is 5.69. The fourth-order valence-corrected chi connectivity index (χ4v) is 2.26. The molecule has 0 aliphatic heterocycles. The zero-order chi connectivity index (χ0) is 12.3. The molecular formula is C13H17ClFNO. The molecule has 0 saturated heterocycles. The van der Waals surface area contributed by atoms with Crippen LogP contribution in [-0.4, -0.2) is 26.3 Å². The molecule has 1 aliphatic rings. The molecule has 1 fully saturated rings. The van der Waals surface area contributed by atoms with E-state index in [4.69, 9.17) is 16.3 Å². The third kappa shape index (κ3) is 2.90. The first-order valence-corrected chi connectivity index (χ1v) is 6.40. The Hall–Kier alpha value is -0.800. The molecule has 4 heteroatoms. The third-order valence-corrected chi connectivity index (χ3v) is 3.31. The highest BCUT2D eigenvalue weighted by Gasteiger charge is 2.31. The van der Waals surface area contributed by atoms with Crippen molar-refractivity contribution in [1.29, 1.82) is 0 Å². The Balaban J connectivity index is 2.27. The van der Waals surface area contributed by atoms with Crippen LogP contribution in [0, 0.1) is 5.82 Å². The number of benzene rings is 1. The Morgan fingerprint density at radius 3 is 2.82 bits per heavy atom. The van der Waals surface area contributed by atoms with Crippen LogP contribution in [0.25, 0.3) is 0 Å². The standard InChI is InChI=1S/C13H17ClFNO/c1-17-8-7-16(11-5-6-11)13-10(9-14)3-2-4-12(13)15/h2-4,11H,5-9H2,1H3. The van der Waals surface area contributed by atoms with Gasteiger partial charge in [0, 0.05) is 25.6 Å². The second-order valence-electron chi connectivity index (χ2n) is 4.30. The summed E-state index contributed by atoms with van der Waals surface area (Å²) in [6.07, 6.45) is 2.25. The van der Waals surface area contributed by atoms with Gasteiger partial charge in [0.2, 0.25) is 0 Å². The fraction of sp³-hybridized carbons (Fsp3) is 0.538. The van der Waals surface area contributed by atoms with E-state index in [9.17, 15) is 4.39 Å². The highest BCUT2D eigenvalue weighted by atomic mass is 35.5. The van der Waals surface area contributed by atoms with Crippen molar-refractivity contribution in [2.24, 2.45) is 0 Å². The van der Waals surface area contributed by atoms with Crippen molar-refractivity contribution in [3.05, 3.63) is 29.6 Å². The summed E-state index contributed by atoms with van der Waals surface area (Å²) in [4.78, 5) is 2.09. The van der Waals surface area contributed by atoms with E-state index in [0.717, 1.165) is 18.4 Å². The van der Waals surface area contributed by atoms with Gasteiger partial charge in [-0.3, -0.25) is 0 Å². The zero-order valence-corrected chi connectivity index (χ0v) is 10.7. The number of hydrogen-bond acceptors (Lipinski definition) is 2. The van der Waals surface area contributed by atoms with Crippen LogP contribution in [0.5, 0.6) is 0 Å². The van der Waals surface area contributed by atoms with E-state index >= 15 is 0 Å². The van der Waals surface area contributed by atoms with E-state index in [1.165, 1.54) is 6.07 Å². The van der Waals surface area contributed by atoms with Gasteiger partial charge in [-0.2, -0.15) is 0 Å². The first-order chi connectivity index (χ1) is 8.27. The molecule has 1 saturated carbocycles. The molecule has 0 bridgehead atoms. The van der Waals surface area contributed by atoms with E-state index in [-0.39, 0.29) is 5.82 Å². The van der Waals surface area contributed by atoms with Gasteiger partial charge < -0.3 is 9.64 Å². The van der Waals surface area contributed by atoms with Gasteiger partial charge in [-0.1, -0.05) is 12.1 Å². The van der Waals surface area contributed by atoms with Crippen molar-refractivity contribution in [1.82, 2.24) is 0 Å². The molecule has 0 unspecified atom stereocenters. The number of hydrogen-bond donors (Lipinski definition) is 0. The van der Waals surface area contributed by atoms with Crippen LogP contribution in [-0.2, 0) is 10.6 Å². The molecule has 0 radical (unpaired) electrons. The molecule has 0 amide bonds. The predicted octanol–water partition coefficient (Wildman–Crippen LogP) is 3.18. The number of rotatable bonds is 6. The van der Waals surface area contributed by atoms with E-state index in [1.807, 2.05) is 6.07 Å². The van der Waals surface area contributed by atoms with Crippen molar-refractivity contribution in [3.8, 4) is 0 Å². The number of halogens is 2. The molecule has 2 nitrogen and oxygen atoms in total. The summed E-state index contributed by atoms with van der Waals surface area (Å²) in [5.74, 6) is 0.148. The lowest BCUT2D eigenvalue weighted by molar-refractivity contribution is 0.204. The van der Waals surface area contributed by atoms with E-state index in [0.29, 0.717) is 30.8 Å². The first kappa shape index (κ1) is 12.7. The summed E-state index contributed by atoms with van der Waals surface area (Å²) in [5.41, 5.74) is 1.51. The topological polar surface area (TPSA) is 12.5 Å². The lowest BCUT2D eigenvalue weighted by atomic mass is 10.1. The highest BCUT2D eigenvalue weighted by molar-refractivity contribution is 6.17. The van der Waals surface area contributed by atoms with E-state index < -0.39 is 0 Å². The monoisotopic (exact) mass is 257 g/mol. The Labute approximate surface area is 106 Å². The van der Waals surface area contributed by atoms with E-state index in [2.05, 4.69) is 4.90 Å². The fourth-order valence-electron chi connectivity index (χ4n) is 2.04. The maximum atomic E-state index is 14.0. The minimum Gasteiger partial charge on any atom is -0.383 e. The molecular weight excluding hydrogens is 241 g/mol. The Morgan fingerprint density at radius 2 is 2.24 bits per heavy atom. The maximum absolute atomic E-state index is 14.0. The highest BCUT2D eigenvalue weighted by Crippen LogP contribution is 2.35. The molecule has 17 heavy (non-hydrogen) atoms. The average Bonchev–Trinajstić information content (AvgIpc) is 3.15. The lowest BCUT2D eigenvalue weighted by Crippen LogP contribution is -2.31. The molecule has 1 aromatic rings. The second-order valence-corrected chi connectivity index (χ2v) is 4.57. The van der Waals surface area contributed by atoms with Gasteiger partial charge >= 0.3 is 0 Å². The van der Waals surface area contributed by atoms with Gasteiger partial charge in [-0.25, -0.2) is 4.39 Å². The van der Waals surface area contributed by atoms with Crippen LogP contribution < -0.4 is 4.90 Å². The van der Waals surface area contributed by atoms with Crippen LogP contribution in [0.3, 0.4) is 0 Å². The third-order valence-electron chi connectivity index (χ3n) is 3.03. The minimum atomic E-state index is -0.189. The molecule has 1 aliphatic carbocycles. The molecule has 0 heterocycles. The van der Waals surface area contributed by atoms with Crippen molar-refractivity contribution < 1.29 is 9.13 Å². The molecule has 0 spiro atoms. The Bertz CT molecular complexity index is 382. The van der Waals surface area contributed by atoms with Crippen molar-refractivity contribution >= 4 is 17.3 Å². The van der Waals surface area contributed by atoms with Crippen molar-refractivity contribution in [2.75, 3.05) is 25.2 Å². The number of methoxy groups -OCH3 is 1. The van der Waals surface area contributed by atoms with Gasteiger partial charge in [0.15, 0.2) is 0 Å². The molecule has 0 N–H and O–H groups in total. The first-order valence-electron chi connectivity index (χ1n) is 5.87. The number of alkyl halides is 1. The number of ether oxygens (including phenoxy) is 1. The van der Waals surface area contributed by atoms with Crippen molar-refractivity contribution in [3.63, 3.8) is 0 Å². The molecule has 0 atom stereocenters. The molecule has 94 valence electrons. The van der Waals surface area contributed by atoms with Crippen molar-refractivity contribution in [2.45, 2.75) is 24.8 Å². The summed E-state index contributed by atoms with van der Waals surface area (Å²) in [5, 5.41) is 0. The lowest BCUT2D eigenvalue weighted by Gasteiger charge is -2.26. The van der Waals surface area contributed by atoms with Gasteiger partial charge in [0.1, 0.15) is 5.82 Å². The summed E-state index contributed by atoms with van der Waals surface area (Å²) in [6, 6.07) is 5.53. The SMILES string of the molecule is COCCN(c1c(F)cccc1CCl)C1CC1. The normalized spacial score (nSPS) is 15.0. The van der Waals surface area contributed by atoms with Crippen LogP contribution in [0.15, 0.2) is 18.2 Å². The minimum absolute atomic E-state index is 0.189. The number of anilines is 1.